The first-order chi connectivity index (χ1) is 9.10. The number of methoxy groups -OCH3 is 1. The molecule has 4 heteroatoms. The van der Waals surface area contributed by atoms with Crippen LogP contribution < -0.4 is 10.5 Å². The summed E-state index contributed by atoms with van der Waals surface area (Å²) in [6.45, 7) is 3.46. The van der Waals surface area contributed by atoms with Crippen LogP contribution in [0.1, 0.15) is 18.9 Å². The predicted octanol–water partition coefficient (Wildman–Crippen LogP) is 1.43. The van der Waals surface area contributed by atoms with Gasteiger partial charge in [-0.15, -0.1) is 0 Å². The Bertz CT molecular complexity index is 430. The number of rotatable bonds is 4. The number of amides is 1. The molecule has 0 bridgehead atoms. The Labute approximate surface area is 114 Å². The number of benzene rings is 1. The number of likely N-dealkylation sites (tertiary alicyclic amines) is 1. The highest BCUT2D eigenvalue weighted by atomic mass is 16.5. The summed E-state index contributed by atoms with van der Waals surface area (Å²) in [4.78, 5) is 13.8. The highest BCUT2D eigenvalue weighted by molar-refractivity contribution is 5.77. The Morgan fingerprint density at radius 2 is 2.05 bits per heavy atom. The first-order valence-corrected chi connectivity index (χ1v) is 6.76. The standard InChI is InChI=1S/C15H22N2O2/c1-11-9-15(18)17(10-14(11)16)8-7-12-3-5-13(19-2)6-4-12/h3-6,11,14H,7-10,16H2,1-2H3. The lowest BCUT2D eigenvalue weighted by atomic mass is 9.93. The molecule has 1 heterocycles. The van der Waals surface area contributed by atoms with Crippen LogP contribution in [-0.2, 0) is 11.2 Å². The molecule has 1 aliphatic heterocycles. The van der Waals surface area contributed by atoms with Gasteiger partial charge in [0, 0.05) is 25.6 Å². The van der Waals surface area contributed by atoms with E-state index in [-0.39, 0.29) is 11.9 Å². The third-order valence-corrected chi connectivity index (χ3v) is 3.84. The van der Waals surface area contributed by atoms with Gasteiger partial charge in [-0.25, -0.2) is 0 Å². The molecule has 1 amide bonds. The molecule has 0 saturated carbocycles. The molecule has 2 rings (SSSR count). The van der Waals surface area contributed by atoms with Crippen LogP contribution in [-0.4, -0.2) is 37.0 Å². The van der Waals surface area contributed by atoms with Gasteiger partial charge in [0.15, 0.2) is 0 Å². The van der Waals surface area contributed by atoms with Crippen molar-refractivity contribution in [3.8, 4) is 5.75 Å². The summed E-state index contributed by atoms with van der Waals surface area (Å²) in [5.74, 6) is 1.38. The number of nitrogens with two attached hydrogens (primary N) is 1. The molecule has 2 N–H and O–H groups in total. The molecule has 2 unspecified atom stereocenters. The third-order valence-electron chi connectivity index (χ3n) is 3.84. The molecular formula is C15H22N2O2. The summed E-state index contributed by atoms with van der Waals surface area (Å²) in [6, 6.07) is 8.07. The first kappa shape index (κ1) is 13.9. The van der Waals surface area contributed by atoms with Crippen molar-refractivity contribution >= 4 is 5.91 Å². The molecule has 1 saturated heterocycles. The lowest BCUT2D eigenvalue weighted by Gasteiger charge is -2.34. The summed E-state index contributed by atoms with van der Waals surface area (Å²) in [7, 11) is 1.66. The van der Waals surface area contributed by atoms with E-state index in [0.29, 0.717) is 18.9 Å². The van der Waals surface area contributed by atoms with Gasteiger partial charge in [0.1, 0.15) is 5.75 Å². The average molecular weight is 262 g/mol. The van der Waals surface area contributed by atoms with Crippen LogP contribution in [0.4, 0.5) is 0 Å². The van der Waals surface area contributed by atoms with Crippen LogP contribution in [0.3, 0.4) is 0 Å². The predicted molar refractivity (Wildman–Crippen MR) is 75.0 cm³/mol. The molecule has 0 aliphatic carbocycles. The monoisotopic (exact) mass is 262 g/mol. The van der Waals surface area contributed by atoms with Crippen LogP contribution >= 0.6 is 0 Å². The summed E-state index contributed by atoms with van der Waals surface area (Å²) >= 11 is 0. The molecule has 0 spiro atoms. The maximum absolute atomic E-state index is 11.9. The van der Waals surface area contributed by atoms with Crippen molar-refractivity contribution < 1.29 is 9.53 Å². The zero-order valence-corrected chi connectivity index (χ0v) is 11.6. The van der Waals surface area contributed by atoms with E-state index in [9.17, 15) is 4.79 Å². The van der Waals surface area contributed by atoms with Crippen LogP contribution in [0.5, 0.6) is 5.75 Å². The largest absolute Gasteiger partial charge is 0.497 e. The molecule has 0 aromatic heterocycles. The number of carbonyl (C=O) groups excluding carboxylic acids is 1. The molecule has 2 atom stereocenters. The topological polar surface area (TPSA) is 55.6 Å². The number of ether oxygens (including phenoxy) is 1. The quantitative estimate of drug-likeness (QED) is 0.893. The summed E-state index contributed by atoms with van der Waals surface area (Å²) in [5, 5.41) is 0. The van der Waals surface area contributed by atoms with Crippen molar-refractivity contribution in [1.82, 2.24) is 4.90 Å². The van der Waals surface area contributed by atoms with Gasteiger partial charge in [0.2, 0.25) is 5.91 Å². The maximum atomic E-state index is 11.9. The van der Waals surface area contributed by atoms with Crippen LogP contribution in [0, 0.1) is 5.92 Å². The second-order valence-electron chi connectivity index (χ2n) is 5.28. The van der Waals surface area contributed by atoms with Gasteiger partial charge in [0.25, 0.3) is 0 Å². The van der Waals surface area contributed by atoms with Gasteiger partial charge in [0.05, 0.1) is 7.11 Å². The fraction of sp³-hybridized carbons (Fsp3) is 0.533. The highest BCUT2D eigenvalue weighted by Gasteiger charge is 2.28. The van der Waals surface area contributed by atoms with Crippen molar-refractivity contribution in [2.24, 2.45) is 11.7 Å². The van der Waals surface area contributed by atoms with Gasteiger partial charge in [-0.2, -0.15) is 0 Å². The normalized spacial score (nSPS) is 23.5. The van der Waals surface area contributed by atoms with E-state index in [1.807, 2.05) is 36.1 Å². The molecule has 1 aliphatic rings. The maximum Gasteiger partial charge on any atom is 0.222 e. The molecule has 1 fully saturated rings. The third kappa shape index (κ3) is 3.47. The number of hydrogen-bond donors (Lipinski definition) is 1. The number of nitrogens with zero attached hydrogens (tertiary/aromatic N) is 1. The van der Waals surface area contributed by atoms with E-state index in [0.717, 1.165) is 18.7 Å². The molecular weight excluding hydrogens is 240 g/mol. The lowest BCUT2D eigenvalue weighted by Crippen LogP contribution is -2.50. The Morgan fingerprint density at radius 3 is 2.68 bits per heavy atom. The second-order valence-corrected chi connectivity index (χ2v) is 5.28. The first-order valence-electron chi connectivity index (χ1n) is 6.76. The fourth-order valence-electron chi connectivity index (χ4n) is 2.36. The van der Waals surface area contributed by atoms with Gasteiger partial charge < -0.3 is 15.4 Å². The minimum atomic E-state index is 0.105. The van der Waals surface area contributed by atoms with Gasteiger partial charge in [-0.05, 0) is 30.0 Å². The smallest absolute Gasteiger partial charge is 0.222 e. The summed E-state index contributed by atoms with van der Waals surface area (Å²) in [5.41, 5.74) is 7.24. The average Bonchev–Trinajstić information content (AvgIpc) is 2.42. The Balaban J connectivity index is 1.89. The Kier molecular flexibility index (Phi) is 4.43. The van der Waals surface area contributed by atoms with E-state index in [2.05, 4.69) is 0 Å². The van der Waals surface area contributed by atoms with E-state index in [1.165, 1.54) is 5.56 Å². The van der Waals surface area contributed by atoms with Gasteiger partial charge in [-0.1, -0.05) is 19.1 Å². The van der Waals surface area contributed by atoms with Crippen molar-refractivity contribution in [1.29, 1.82) is 0 Å². The number of carbonyl (C=O) groups is 1. The van der Waals surface area contributed by atoms with Crippen LogP contribution in [0.2, 0.25) is 0 Å². The Hall–Kier alpha value is -1.55. The summed E-state index contributed by atoms with van der Waals surface area (Å²) in [6.07, 6.45) is 1.43. The summed E-state index contributed by atoms with van der Waals surface area (Å²) < 4.78 is 5.13. The molecule has 4 nitrogen and oxygen atoms in total. The molecule has 104 valence electrons. The van der Waals surface area contributed by atoms with Crippen molar-refractivity contribution in [2.75, 3.05) is 20.2 Å². The highest BCUT2D eigenvalue weighted by Crippen LogP contribution is 2.18. The Morgan fingerprint density at radius 1 is 1.37 bits per heavy atom. The number of piperidine rings is 1. The zero-order chi connectivity index (χ0) is 13.8. The van der Waals surface area contributed by atoms with E-state index in [1.54, 1.807) is 7.11 Å². The van der Waals surface area contributed by atoms with Crippen molar-refractivity contribution in [2.45, 2.75) is 25.8 Å². The molecule has 1 aromatic carbocycles. The second kappa shape index (κ2) is 6.06. The van der Waals surface area contributed by atoms with E-state index < -0.39 is 0 Å². The minimum Gasteiger partial charge on any atom is -0.497 e. The van der Waals surface area contributed by atoms with E-state index >= 15 is 0 Å². The van der Waals surface area contributed by atoms with Gasteiger partial charge in [-0.3, -0.25) is 4.79 Å². The molecule has 19 heavy (non-hydrogen) atoms. The lowest BCUT2D eigenvalue weighted by molar-refractivity contribution is -0.135. The van der Waals surface area contributed by atoms with Crippen molar-refractivity contribution in [3.05, 3.63) is 29.8 Å². The SMILES string of the molecule is COc1ccc(CCN2CC(N)C(C)CC2=O)cc1. The van der Waals surface area contributed by atoms with Crippen LogP contribution in [0.25, 0.3) is 0 Å². The van der Waals surface area contributed by atoms with Crippen molar-refractivity contribution in [3.63, 3.8) is 0 Å². The van der Waals surface area contributed by atoms with Crippen LogP contribution in [0.15, 0.2) is 24.3 Å². The van der Waals surface area contributed by atoms with Gasteiger partial charge >= 0.3 is 0 Å². The molecule has 1 aromatic rings. The molecule has 0 radical (unpaired) electrons. The fourth-order valence-corrected chi connectivity index (χ4v) is 2.36. The number of hydrogen-bond acceptors (Lipinski definition) is 3. The van der Waals surface area contributed by atoms with E-state index in [4.69, 9.17) is 10.5 Å². The zero-order valence-electron chi connectivity index (χ0n) is 11.6. The minimum absolute atomic E-state index is 0.105.